The molecular weight excluding hydrogens is 352 g/mol. The molecule has 1 unspecified atom stereocenters. The van der Waals surface area contributed by atoms with Crippen LogP contribution in [0.2, 0.25) is 0 Å². The van der Waals surface area contributed by atoms with E-state index in [2.05, 4.69) is 20.4 Å². The number of carbonyl (C=O) groups excluding carboxylic acids is 3. The van der Waals surface area contributed by atoms with Gasteiger partial charge in [-0.25, -0.2) is 4.98 Å². The molecule has 2 aliphatic rings. The number of aliphatic hydroxyl groups is 1. The van der Waals surface area contributed by atoms with E-state index < -0.39 is 17.6 Å². The van der Waals surface area contributed by atoms with Crippen LogP contribution in [-0.4, -0.2) is 59.7 Å². The van der Waals surface area contributed by atoms with Gasteiger partial charge in [0, 0.05) is 19.5 Å². The van der Waals surface area contributed by atoms with Crippen molar-refractivity contribution in [1.82, 2.24) is 10.3 Å². The Morgan fingerprint density at radius 2 is 2.15 bits per heavy atom. The molecule has 1 aromatic heterocycles. The Bertz CT molecular complexity index is 713. The zero-order valence-corrected chi connectivity index (χ0v) is 15.2. The standard InChI is InChI=1S/C18H24N4O5/c1-27-16(24)10-18(26)6-8-22(9-7-18)14-4-2-12(11-19-14)20-13-3-5-15(23)21-17(13)25/h2,4,11,13,20,26H,3,5-10H2,1H3,(H,21,23,25). The molecule has 146 valence electrons. The molecule has 9 heteroatoms. The van der Waals surface area contributed by atoms with Crippen LogP contribution in [0.25, 0.3) is 0 Å². The number of carbonyl (C=O) groups is 3. The minimum Gasteiger partial charge on any atom is -0.469 e. The van der Waals surface area contributed by atoms with Crippen LogP contribution in [0.3, 0.4) is 0 Å². The molecule has 0 bridgehead atoms. The first kappa shape index (κ1) is 19.1. The van der Waals surface area contributed by atoms with Crippen molar-refractivity contribution in [3.63, 3.8) is 0 Å². The zero-order valence-electron chi connectivity index (χ0n) is 15.2. The number of nitrogens with zero attached hydrogens (tertiary/aromatic N) is 2. The molecule has 27 heavy (non-hydrogen) atoms. The molecule has 0 saturated carbocycles. The van der Waals surface area contributed by atoms with Crippen molar-refractivity contribution in [3.8, 4) is 0 Å². The lowest BCUT2D eigenvalue weighted by Gasteiger charge is -2.38. The molecule has 2 fully saturated rings. The molecule has 0 radical (unpaired) electrons. The van der Waals surface area contributed by atoms with Gasteiger partial charge in [-0.1, -0.05) is 0 Å². The SMILES string of the molecule is COC(=O)CC1(O)CCN(c2ccc(NC3CCC(=O)NC3=O)cn2)CC1. The third kappa shape index (κ3) is 4.73. The second-order valence-electron chi connectivity index (χ2n) is 7.02. The van der Waals surface area contributed by atoms with Gasteiger partial charge in [-0.15, -0.1) is 0 Å². The fourth-order valence-corrected chi connectivity index (χ4v) is 3.36. The predicted molar refractivity (Wildman–Crippen MR) is 97.1 cm³/mol. The van der Waals surface area contributed by atoms with Crippen molar-refractivity contribution in [2.75, 3.05) is 30.4 Å². The molecule has 3 heterocycles. The number of imide groups is 1. The quantitative estimate of drug-likeness (QED) is 0.492. The molecule has 3 rings (SSSR count). The lowest BCUT2D eigenvalue weighted by atomic mass is 9.88. The molecule has 2 amide bonds. The number of methoxy groups -OCH3 is 1. The smallest absolute Gasteiger partial charge is 0.308 e. The van der Waals surface area contributed by atoms with E-state index in [0.29, 0.717) is 44.5 Å². The minimum absolute atomic E-state index is 0.000415. The lowest BCUT2D eigenvalue weighted by Crippen LogP contribution is -2.47. The van der Waals surface area contributed by atoms with Gasteiger partial charge in [-0.3, -0.25) is 19.7 Å². The number of ether oxygens (including phenoxy) is 1. The number of rotatable bonds is 5. The molecule has 2 saturated heterocycles. The van der Waals surface area contributed by atoms with Crippen molar-refractivity contribution in [1.29, 1.82) is 0 Å². The van der Waals surface area contributed by atoms with Crippen molar-refractivity contribution in [3.05, 3.63) is 18.3 Å². The maximum Gasteiger partial charge on any atom is 0.308 e. The topological polar surface area (TPSA) is 121 Å². The normalized spacial score (nSPS) is 22.1. The van der Waals surface area contributed by atoms with Crippen molar-refractivity contribution in [2.24, 2.45) is 0 Å². The first-order valence-corrected chi connectivity index (χ1v) is 8.99. The van der Waals surface area contributed by atoms with E-state index >= 15 is 0 Å². The van der Waals surface area contributed by atoms with Gasteiger partial charge < -0.3 is 20.1 Å². The highest BCUT2D eigenvalue weighted by Crippen LogP contribution is 2.28. The zero-order chi connectivity index (χ0) is 19.4. The summed E-state index contributed by atoms with van der Waals surface area (Å²) in [5.74, 6) is -0.211. The number of esters is 1. The number of amides is 2. The third-order valence-corrected chi connectivity index (χ3v) is 5.05. The highest BCUT2D eigenvalue weighted by atomic mass is 16.5. The lowest BCUT2D eigenvalue weighted by molar-refractivity contribution is -0.147. The number of aromatic nitrogens is 1. The Kier molecular flexibility index (Phi) is 5.59. The van der Waals surface area contributed by atoms with Crippen molar-refractivity contribution < 1.29 is 24.2 Å². The Morgan fingerprint density at radius 3 is 2.74 bits per heavy atom. The van der Waals surface area contributed by atoms with Crippen LogP contribution in [0.1, 0.15) is 32.1 Å². The van der Waals surface area contributed by atoms with E-state index in [1.165, 1.54) is 7.11 Å². The van der Waals surface area contributed by atoms with Crippen LogP contribution < -0.4 is 15.5 Å². The molecular formula is C18H24N4O5. The Hall–Kier alpha value is -2.68. The predicted octanol–water partition coefficient (Wildman–Crippen LogP) is 0.193. The summed E-state index contributed by atoms with van der Waals surface area (Å²) in [6, 6.07) is 3.24. The minimum atomic E-state index is -1.03. The van der Waals surface area contributed by atoms with Gasteiger partial charge in [0.1, 0.15) is 11.9 Å². The number of nitrogens with one attached hydrogen (secondary N) is 2. The van der Waals surface area contributed by atoms with Gasteiger partial charge in [0.15, 0.2) is 0 Å². The van der Waals surface area contributed by atoms with Crippen LogP contribution in [0.4, 0.5) is 11.5 Å². The maximum atomic E-state index is 11.8. The molecule has 3 N–H and O–H groups in total. The number of anilines is 2. The van der Waals surface area contributed by atoms with E-state index in [9.17, 15) is 19.5 Å². The first-order chi connectivity index (χ1) is 12.9. The average molecular weight is 376 g/mol. The van der Waals surface area contributed by atoms with Gasteiger partial charge in [0.2, 0.25) is 11.8 Å². The molecule has 1 aromatic rings. The number of hydrogen-bond donors (Lipinski definition) is 3. The molecule has 9 nitrogen and oxygen atoms in total. The average Bonchev–Trinajstić information content (AvgIpc) is 2.65. The second kappa shape index (κ2) is 7.91. The Balaban J connectivity index is 1.54. The van der Waals surface area contributed by atoms with E-state index in [1.54, 1.807) is 6.20 Å². The summed E-state index contributed by atoms with van der Waals surface area (Å²) in [5.41, 5.74) is -0.330. The van der Waals surface area contributed by atoms with Crippen LogP contribution >= 0.6 is 0 Å². The van der Waals surface area contributed by atoms with Gasteiger partial charge in [0.05, 0.1) is 31.0 Å². The molecule has 2 aliphatic heterocycles. The van der Waals surface area contributed by atoms with Gasteiger partial charge in [0.25, 0.3) is 0 Å². The highest BCUT2D eigenvalue weighted by Gasteiger charge is 2.35. The van der Waals surface area contributed by atoms with Crippen LogP contribution in [-0.2, 0) is 19.1 Å². The highest BCUT2D eigenvalue weighted by molar-refractivity contribution is 6.01. The first-order valence-electron chi connectivity index (χ1n) is 8.99. The summed E-state index contributed by atoms with van der Waals surface area (Å²) in [5, 5.41) is 15.9. The van der Waals surface area contributed by atoms with Gasteiger partial charge in [-0.05, 0) is 31.4 Å². The monoisotopic (exact) mass is 376 g/mol. The summed E-state index contributed by atoms with van der Waals surface area (Å²) < 4.78 is 4.64. The largest absolute Gasteiger partial charge is 0.469 e. The summed E-state index contributed by atoms with van der Waals surface area (Å²) in [6.07, 6.45) is 3.34. The summed E-state index contributed by atoms with van der Waals surface area (Å²) in [4.78, 5) is 40.9. The summed E-state index contributed by atoms with van der Waals surface area (Å²) in [6.45, 7) is 1.17. The van der Waals surface area contributed by atoms with Crippen molar-refractivity contribution in [2.45, 2.75) is 43.7 Å². The molecule has 1 atom stereocenters. The van der Waals surface area contributed by atoms with E-state index in [0.717, 1.165) is 5.82 Å². The fourth-order valence-electron chi connectivity index (χ4n) is 3.36. The van der Waals surface area contributed by atoms with E-state index in [4.69, 9.17) is 0 Å². The second-order valence-corrected chi connectivity index (χ2v) is 7.02. The number of hydrogen-bond acceptors (Lipinski definition) is 8. The van der Waals surface area contributed by atoms with Crippen LogP contribution in [0, 0.1) is 0 Å². The number of piperidine rings is 2. The van der Waals surface area contributed by atoms with Crippen LogP contribution in [0.15, 0.2) is 18.3 Å². The maximum absolute atomic E-state index is 11.8. The Labute approximate surface area is 157 Å². The summed E-state index contributed by atoms with van der Waals surface area (Å²) >= 11 is 0. The van der Waals surface area contributed by atoms with Crippen LogP contribution in [0.5, 0.6) is 0 Å². The third-order valence-electron chi connectivity index (χ3n) is 5.05. The molecule has 0 aromatic carbocycles. The molecule has 0 aliphatic carbocycles. The van der Waals surface area contributed by atoms with Gasteiger partial charge in [-0.2, -0.15) is 0 Å². The fraction of sp³-hybridized carbons (Fsp3) is 0.556. The Morgan fingerprint density at radius 1 is 1.41 bits per heavy atom. The molecule has 0 spiro atoms. The van der Waals surface area contributed by atoms with Crippen molar-refractivity contribution >= 4 is 29.3 Å². The summed E-state index contributed by atoms with van der Waals surface area (Å²) in [7, 11) is 1.31. The number of pyridine rings is 1. The van der Waals surface area contributed by atoms with E-state index in [-0.39, 0.29) is 18.2 Å². The van der Waals surface area contributed by atoms with E-state index in [1.807, 2.05) is 17.0 Å². The van der Waals surface area contributed by atoms with Gasteiger partial charge >= 0.3 is 5.97 Å².